The lowest BCUT2D eigenvalue weighted by Gasteiger charge is -2.41. The van der Waals surface area contributed by atoms with Gasteiger partial charge in [0.05, 0.1) is 24.3 Å². The summed E-state index contributed by atoms with van der Waals surface area (Å²) < 4.78 is 13.5. The number of imidazole rings is 1. The molecule has 2 heterocycles. The summed E-state index contributed by atoms with van der Waals surface area (Å²) in [6, 6.07) is 5.12. The molecule has 3 N–H and O–H groups in total. The fourth-order valence-corrected chi connectivity index (χ4v) is 5.71. The molecule has 10 nitrogen and oxygen atoms in total. The summed E-state index contributed by atoms with van der Waals surface area (Å²) >= 11 is 6.64. The SMILES string of the molecule is C=C(c1cc(Cl)ccc1C(C/C(C)=C\C=C/N)N1CCN(C(=O)OC(C)(C)C(C)C)CC1)C(NC(=O)OC1(C)CC1)c1cncn1C.CC.CC. The summed E-state index contributed by atoms with van der Waals surface area (Å²) in [5, 5.41) is 3.62. The van der Waals surface area contributed by atoms with E-state index < -0.39 is 23.3 Å². The van der Waals surface area contributed by atoms with Gasteiger partial charge < -0.3 is 30.0 Å². The Hall–Kier alpha value is -3.76. The van der Waals surface area contributed by atoms with Crippen LogP contribution in [0, 0.1) is 5.92 Å². The number of halogens is 1. The third kappa shape index (κ3) is 12.2. The lowest BCUT2D eigenvalue weighted by atomic mass is 9.87. The third-order valence-electron chi connectivity index (χ3n) is 9.54. The van der Waals surface area contributed by atoms with Crippen LogP contribution < -0.4 is 11.1 Å². The second-order valence-electron chi connectivity index (χ2n) is 13.9. The number of alkyl carbamates (subject to hydrolysis) is 1. The van der Waals surface area contributed by atoms with Crippen LogP contribution in [-0.4, -0.2) is 68.9 Å². The van der Waals surface area contributed by atoms with Crippen molar-refractivity contribution in [3.8, 4) is 0 Å². The second kappa shape index (κ2) is 19.7. The summed E-state index contributed by atoms with van der Waals surface area (Å²) in [5.74, 6) is 0.189. The molecule has 1 saturated carbocycles. The van der Waals surface area contributed by atoms with Crippen molar-refractivity contribution in [2.45, 2.75) is 112 Å². The lowest BCUT2D eigenvalue weighted by Crippen LogP contribution is -2.51. The van der Waals surface area contributed by atoms with Gasteiger partial charge in [-0.2, -0.15) is 0 Å². The van der Waals surface area contributed by atoms with Crippen molar-refractivity contribution in [1.82, 2.24) is 24.7 Å². The van der Waals surface area contributed by atoms with Gasteiger partial charge in [-0.15, -0.1) is 0 Å². The first-order valence-corrected chi connectivity index (χ1v) is 18.7. The summed E-state index contributed by atoms with van der Waals surface area (Å²) in [6.45, 7) is 26.9. The molecule has 1 aromatic heterocycles. The van der Waals surface area contributed by atoms with E-state index in [1.165, 1.54) is 6.20 Å². The number of hydrogen-bond acceptors (Lipinski definition) is 7. The van der Waals surface area contributed by atoms with E-state index in [1.807, 2.05) is 104 Å². The van der Waals surface area contributed by atoms with E-state index in [4.69, 9.17) is 26.8 Å². The van der Waals surface area contributed by atoms with Crippen molar-refractivity contribution in [2.24, 2.45) is 18.7 Å². The Balaban J connectivity index is 0.00000217. The van der Waals surface area contributed by atoms with Gasteiger partial charge >= 0.3 is 12.2 Å². The summed E-state index contributed by atoms with van der Waals surface area (Å²) in [4.78, 5) is 34.7. The zero-order valence-corrected chi connectivity index (χ0v) is 33.6. The molecule has 51 heavy (non-hydrogen) atoms. The minimum absolute atomic E-state index is 0.0868. The number of allylic oxidation sites excluding steroid dienone is 2. The normalized spacial score (nSPS) is 17.0. The topological polar surface area (TPSA) is 115 Å². The zero-order valence-electron chi connectivity index (χ0n) is 32.9. The van der Waals surface area contributed by atoms with Crippen LogP contribution in [0.15, 0.2) is 61.2 Å². The van der Waals surface area contributed by atoms with Gasteiger partial charge in [-0.1, -0.05) is 77.4 Å². The highest BCUT2D eigenvalue weighted by atomic mass is 35.5. The van der Waals surface area contributed by atoms with E-state index in [-0.39, 0.29) is 18.1 Å². The van der Waals surface area contributed by atoms with E-state index in [9.17, 15) is 9.59 Å². The first kappa shape index (κ1) is 43.4. The molecule has 1 aliphatic heterocycles. The molecule has 0 spiro atoms. The summed E-state index contributed by atoms with van der Waals surface area (Å²) in [6.07, 6.45) is 10.3. The fourth-order valence-electron chi connectivity index (χ4n) is 5.54. The Kier molecular flexibility index (Phi) is 16.8. The summed E-state index contributed by atoms with van der Waals surface area (Å²) in [7, 11) is 1.88. The van der Waals surface area contributed by atoms with Crippen molar-refractivity contribution < 1.29 is 19.1 Å². The molecule has 0 bridgehead atoms. The summed E-state index contributed by atoms with van der Waals surface area (Å²) in [5.41, 5.74) is 9.06. The number of aromatic nitrogens is 2. The predicted octanol–water partition coefficient (Wildman–Crippen LogP) is 9.20. The number of nitrogens with two attached hydrogens (primary N) is 1. The molecule has 284 valence electrons. The molecule has 0 radical (unpaired) electrons. The van der Waals surface area contributed by atoms with Gasteiger partial charge in [-0.3, -0.25) is 4.90 Å². The molecule has 4 rings (SSSR count). The van der Waals surface area contributed by atoms with Crippen LogP contribution >= 0.6 is 11.6 Å². The molecule has 2 fully saturated rings. The van der Waals surface area contributed by atoms with Crippen molar-refractivity contribution in [3.63, 3.8) is 0 Å². The minimum atomic E-state index is -0.622. The average Bonchev–Trinajstić information content (AvgIpc) is 3.68. The predicted molar refractivity (Wildman–Crippen MR) is 209 cm³/mol. The first-order valence-electron chi connectivity index (χ1n) is 18.3. The van der Waals surface area contributed by atoms with Crippen LogP contribution in [0.5, 0.6) is 0 Å². The Bertz CT molecular complexity index is 1500. The molecular formula is C40H63ClN6O4. The molecule has 2 atom stereocenters. The Morgan fingerprint density at radius 3 is 2.29 bits per heavy atom. The van der Waals surface area contributed by atoms with Crippen LogP contribution in [0.1, 0.15) is 117 Å². The molecule has 2 amide bonds. The highest BCUT2D eigenvalue weighted by Gasteiger charge is 2.42. The fraction of sp³-hybridized carbons (Fsp3) is 0.575. The number of rotatable bonds is 12. The number of piperazine rings is 1. The Morgan fingerprint density at radius 2 is 1.76 bits per heavy atom. The largest absolute Gasteiger partial charge is 0.443 e. The molecule has 2 unspecified atom stereocenters. The maximum Gasteiger partial charge on any atom is 0.410 e. The Morgan fingerprint density at radius 1 is 1.14 bits per heavy atom. The number of hydrogen-bond donors (Lipinski definition) is 2. The van der Waals surface area contributed by atoms with Gasteiger partial charge in [0, 0.05) is 44.3 Å². The first-order chi connectivity index (χ1) is 24.1. The lowest BCUT2D eigenvalue weighted by molar-refractivity contribution is -0.0232. The molecule has 2 aliphatic rings. The van der Waals surface area contributed by atoms with E-state index in [2.05, 4.69) is 28.7 Å². The standard InChI is InChI=1S/C36H51ClN6O4.2C2H6/c1-24(2)35(5,6)47-34(45)43-18-16-42(17-19-43)30(20-25(3)10-9-15-38)28-12-11-27(37)21-29(28)26(4)32(31-22-39-23-41(31)8)40-33(44)46-36(7)13-14-36;2*1-2/h9-12,15,21-24,30,32H,4,13-14,16-20,38H2,1-3,5-8H3,(H,40,44);2*1-2H3/b15-9-,25-10-;;. The van der Waals surface area contributed by atoms with Crippen LogP contribution in [0.4, 0.5) is 9.59 Å². The Labute approximate surface area is 312 Å². The molecule has 1 saturated heterocycles. The van der Waals surface area contributed by atoms with Gasteiger partial charge in [0.15, 0.2) is 0 Å². The van der Waals surface area contributed by atoms with Crippen molar-refractivity contribution >= 4 is 29.4 Å². The maximum absolute atomic E-state index is 13.1. The van der Waals surface area contributed by atoms with Crippen LogP contribution in [-0.2, 0) is 16.5 Å². The highest BCUT2D eigenvalue weighted by Crippen LogP contribution is 2.41. The van der Waals surface area contributed by atoms with Crippen LogP contribution in [0.2, 0.25) is 5.02 Å². The number of carbonyl (C=O) groups excluding carboxylic acids is 2. The molecule has 2 aromatic rings. The number of aryl methyl sites for hydroxylation is 1. The molecule has 11 heteroatoms. The average molecular weight is 727 g/mol. The van der Waals surface area contributed by atoms with E-state index in [1.54, 1.807) is 17.4 Å². The number of nitrogens with one attached hydrogen (secondary N) is 1. The zero-order chi connectivity index (χ0) is 38.5. The quantitative estimate of drug-likeness (QED) is 0.210. The van der Waals surface area contributed by atoms with Crippen molar-refractivity contribution in [3.05, 3.63) is 83.1 Å². The van der Waals surface area contributed by atoms with E-state index in [0.717, 1.165) is 35.2 Å². The molecular weight excluding hydrogens is 664 g/mol. The number of nitrogens with zero attached hydrogens (tertiary/aromatic N) is 4. The van der Waals surface area contributed by atoms with Gasteiger partial charge in [0.2, 0.25) is 0 Å². The van der Waals surface area contributed by atoms with Crippen LogP contribution in [0.3, 0.4) is 0 Å². The van der Waals surface area contributed by atoms with E-state index in [0.29, 0.717) is 43.2 Å². The van der Waals surface area contributed by atoms with E-state index >= 15 is 0 Å². The van der Waals surface area contributed by atoms with Crippen molar-refractivity contribution in [2.75, 3.05) is 26.2 Å². The van der Waals surface area contributed by atoms with Crippen molar-refractivity contribution in [1.29, 1.82) is 0 Å². The maximum atomic E-state index is 13.1. The third-order valence-corrected chi connectivity index (χ3v) is 9.77. The number of carbonyl (C=O) groups is 2. The number of amides is 2. The second-order valence-corrected chi connectivity index (χ2v) is 14.3. The number of benzene rings is 1. The van der Waals surface area contributed by atoms with Gasteiger partial charge in [-0.05, 0) is 94.0 Å². The van der Waals surface area contributed by atoms with Gasteiger partial charge in [0.1, 0.15) is 11.2 Å². The van der Waals surface area contributed by atoms with Crippen LogP contribution in [0.25, 0.3) is 5.57 Å². The molecule has 1 aromatic carbocycles. The van der Waals surface area contributed by atoms with Gasteiger partial charge in [0.25, 0.3) is 0 Å². The highest BCUT2D eigenvalue weighted by molar-refractivity contribution is 6.30. The smallest absolute Gasteiger partial charge is 0.410 e. The minimum Gasteiger partial charge on any atom is -0.443 e. The van der Waals surface area contributed by atoms with Gasteiger partial charge in [-0.25, -0.2) is 14.6 Å². The monoisotopic (exact) mass is 726 g/mol. The molecule has 1 aliphatic carbocycles. The number of ether oxygens (including phenoxy) is 2.